The number of hydrogen-bond donors (Lipinski definition) is 12. The first-order valence-corrected chi connectivity index (χ1v) is 33.1. The fourth-order valence-electron chi connectivity index (χ4n) is 11.3. The van der Waals surface area contributed by atoms with Gasteiger partial charge in [0.15, 0.2) is 18.9 Å². The second-order valence-corrected chi connectivity index (χ2v) is 23.9. The van der Waals surface area contributed by atoms with E-state index in [4.69, 9.17) is 28.4 Å². The normalized spacial score (nSPS) is 29.5. The van der Waals surface area contributed by atoms with Gasteiger partial charge in [-0.15, -0.1) is 0 Å². The SMILES string of the molecule is CCCCC/C=C\C/C=C\CCCCCCCCCC(=O)NC(COC1OC(CO)C(OC2OC(CO)C(OC3OC(CO)C(O)C(O)C3O)C(O)C2O)C(O)C1O)C(O)CCCCCCCCCCCCCCCCCCCCCCC. The lowest BCUT2D eigenvalue weighted by atomic mass is 9.96. The summed E-state index contributed by atoms with van der Waals surface area (Å²) >= 11 is 0. The minimum absolute atomic E-state index is 0.249. The quantitative estimate of drug-likeness (QED) is 0.0207. The summed E-state index contributed by atoms with van der Waals surface area (Å²) in [6.45, 7) is 1.78. The topological polar surface area (TPSA) is 307 Å². The summed E-state index contributed by atoms with van der Waals surface area (Å²) in [6.07, 6.45) is 23.9. The highest BCUT2D eigenvalue weighted by molar-refractivity contribution is 5.76. The van der Waals surface area contributed by atoms with E-state index in [2.05, 4.69) is 43.5 Å². The van der Waals surface area contributed by atoms with Crippen molar-refractivity contribution in [3.63, 3.8) is 0 Å². The lowest BCUT2D eigenvalue weighted by Gasteiger charge is -2.48. The van der Waals surface area contributed by atoms with Gasteiger partial charge in [-0.2, -0.15) is 0 Å². The molecule has 3 heterocycles. The molecular weight excluding hydrogens is 1070 g/mol. The number of allylic oxidation sites excluding steroid dienone is 4. The maximum Gasteiger partial charge on any atom is 0.220 e. The van der Waals surface area contributed by atoms with Gasteiger partial charge in [-0.1, -0.05) is 218 Å². The molecule has 3 aliphatic heterocycles. The predicted octanol–water partition coefficient (Wildman–Crippen LogP) is 7.49. The Hall–Kier alpha value is -1.73. The number of rotatable bonds is 50. The smallest absolute Gasteiger partial charge is 0.220 e. The second-order valence-electron chi connectivity index (χ2n) is 23.9. The molecule has 1 amide bonds. The Morgan fingerprint density at radius 3 is 1.25 bits per heavy atom. The molecule has 17 unspecified atom stereocenters. The third-order valence-corrected chi connectivity index (χ3v) is 16.8. The molecule has 0 aromatic heterocycles. The van der Waals surface area contributed by atoms with Gasteiger partial charge in [0.05, 0.1) is 38.6 Å². The molecule has 0 saturated carbocycles. The number of carbonyl (C=O) groups excluding carboxylic acids is 1. The zero-order valence-electron chi connectivity index (χ0n) is 51.2. The molecule has 0 aromatic carbocycles. The molecular formula is C64H119NO18. The summed E-state index contributed by atoms with van der Waals surface area (Å²) in [6, 6.07) is -0.890. The highest BCUT2D eigenvalue weighted by Crippen LogP contribution is 2.33. The van der Waals surface area contributed by atoms with E-state index in [1.165, 1.54) is 135 Å². The van der Waals surface area contributed by atoms with E-state index in [9.17, 15) is 61.0 Å². The Bertz CT molecular complexity index is 1610. The zero-order valence-corrected chi connectivity index (χ0v) is 51.2. The van der Waals surface area contributed by atoms with Crippen LogP contribution in [0.5, 0.6) is 0 Å². The number of hydrogen-bond acceptors (Lipinski definition) is 18. The van der Waals surface area contributed by atoms with Crippen molar-refractivity contribution in [3.05, 3.63) is 24.3 Å². The van der Waals surface area contributed by atoms with Crippen molar-refractivity contribution in [2.75, 3.05) is 26.4 Å². The zero-order chi connectivity index (χ0) is 60.5. The molecule has 3 saturated heterocycles. The van der Waals surface area contributed by atoms with Crippen LogP contribution >= 0.6 is 0 Å². The van der Waals surface area contributed by atoms with E-state index in [0.29, 0.717) is 12.8 Å². The number of aliphatic hydroxyl groups is 11. The first-order valence-electron chi connectivity index (χ1n) is 33.1. The minimum Gasteiger partial charge on any atom is -0.394 e. The Balaban J connectivity index is 1.46. The van der Waals surface area contributed by atoms with Crippen molar-refractivity contribution >= 4 is 5.91 Å². The summed E-state index contributed by atoms with van der Waals surface area (Å²) < 4.78 is 34.4. The van der Waals surface area contributed by atoms with Gasteiger partial charge in [-0.05, 0) is 44.9 Å². The minimum atomic E-state index is -1.97. The van der Waals surface area contributed by atoms with Crippen LogP contribution < -0.4 is 5.32 Å². The average Bonchev–Trinajstić information content (AvgIpc) is 3.35. The summed E-state index contributed by atoms with van der Waals surface area (Å²) in [7, 11) is 0. The van der Waals surface area contributed by atoms with Crippen LogP contribution in [0.3, 0.4) is 0 Å². The van der Waals surface area contributed by atoms with Gasteiger partial charge in [0, 0.05) is 6.42 Å². The number of aliphatic hydroxyl groups excluding tert-OH is 11. The van der Waals surface area contributed by atoms with Gasteiger partial charge in [-0.3, -0.25) is 4.79 Å². The molecule has 83 heavy (non-hydrogen) atoms. The van der Waals surface area contributed by atoms with E-state index in [-0.39, 0.29) is 18.9 Å². The van der Waals surface area contributed by atoms with Gasteiger partial charge in [0.25, 0.3) is 0 Å². The Morgan fingerprint density at radius 2 is 0.795 bits per heavy atom. The fraction of sp³-hybridized carbons (Fsp3) is 0.922. The molecule has 12 N–H and O–H groups in total. The summed E-state index contributed by atoms with van der Waals surface area (Å²) in [5.74, 6) is -0.249. The molecule has 17 atom stereocenters. The third kappa shape index (κ3) is 30.4. The second kappa shape index (κ2) is 47.3. The Morgan fingerprint density at radius 1 is 0.434 bits per heavy atom. The maximum absolute atomic E-state index is 13.4. The molecule has 3 fully saturated rings. The van der Waals surface area contributed by atoms with Gasteiger partial charge < -0.3 is 89.9 Å². The lowest BCUT2D eigenvalue weighted by molar-refractivity contribution is -0.379. The highest BCUT2D eigenvalue weighted by Gasteiger charge is 2.53. The van der Waals surface area contributed by atoms with Crippen molar-refractivity contribution in [2.24, 2.45) is 0 Å². The van der Waals surface area contributed by atoms with Crippen LogP contribution in [0.4, 0.5) is 0 Å². The standard InChI is InChI=1S/C64H119NO18/c1-3-5-7-9-11-13-15-17-19-21-22-23-24-26-27-29-31-33-35-37-39-41-48(69)47(65-52(70)42-40-38-36-34-32-30-28-25-20-18-16-14-12-10-8-6-4-2)46-78-62-58(76)55(73)60(50(44-67)80-62)83-64-59(77)56(74)61(51(45-68)81-64)82-63-57(75)54(72)53(71)49(43-66)79-63/h12,14,18,20,47-51,53-64,66-69,71-77H,3-11,13,15-17,19,21-46H2,1-2H3,(H,65,70)/b14-12-,20-18-. The molecule has 19 nitrogen and oxygen atoms in total. The van der Waals surface area contributed by atoms with Crippen LogP contribution in [0.15, 0.2) is 24.3 Å². The van der Waals surface area contributed by atoms with Crippen molar-refractivity contribution in [1.82, 2.24) is 5.32 Å². The van der Waals surface area contributed by atoms with Crippen LogP contribution in [-0.2, 0) is 33.2 Å². The third-order valence-electron chi connectivity index (χ3n) is 16.8. The number of ether oxygens (including phenoxy) is 6. The number of amides is 1. The van der Waals surface area contributed by atoms with Crippen molar-refractivity contribution in [3.8, 4) is 0 Å². The molecule has 0 spiro atoms. The highest BCUT2D eigenvalue weighted by atomic mass is 16.8. The Kier molecular flexibility index (Phi) is 43.0. The number of nitrogens with one attached hydrogen (secondary N) is 1. The van der Waals surface area contributed by atoms with E-state index < -0.39 is 124 Å². The summed E-state index contributed by atoms with van der Waals surface area (Å²) in [5.41, 5.74) is 0. The molecule has 0 radical (unpaired) electrons. The first kappa shape index (κ1) is 75.5. The molecule has 19 heteroatoms. The summed E-state index contributed by atoms with van der Waals surface area (Å²) in [4.78, 5) is 13.4. The van der Waals surface area contributed by atoms with Gasteiger partial charge in [0.2, 0.25) is 5.91 Å². The van der Waals surface area contributed by atoms with Gasteiger partial charge in [0.1, 0.15) is 73.2 Å². The van der Waals surface area contributed by atoms with Crippen LogP contribution in [0.25, 0.3) is 0 Å². The van der Waals surface area contributed by atoms with Crippen LogP contribution in [-0.4, -0.2) is 193 Å². The summed E-state index contributed by atoms with van der Waals surface area (Å²) in [5, 5.41) is 121. The molecule has 0 aliphatic carbocycles. The molecule has 488 valence electrons. The van der Waals surface area contributed by atoms with Crippen LogP contribution in [0, 0.1) is 0 Å². The van der Waals surface area contributed by atoms with E-state index >= 15 is 0 Å². The van der Waals surface area contributed by atoms with Gasteiger partial charge in [-0.25, -0.2) is 0 Å². The first-order chi connectivity index (χ1) is 40.3. The van der Waals surface area contributed by atoms with E-state index in [0.717, 1.165) is 77.0 Å². The van der Waals surface area contributed by atoms with Crippen LogP contribution in [0.2, 0.25) is 0 Å². The lowest BCUT2D eigenvalue weighted by Crippen LogP contribution is -2.66. The Labute approximate surface area is 498 Å². The maximum atomic E-state index is 13.4. The van der Waals surface area contributed by atoms with Crippen molar-refractivity contribution < 1.29 is 89.4 Å². The van der Waals surface area contributed by atoms with Gasteiger partial charge >= 0.3 is 0 Å². The molecule has 3 aliphatic rings. The van der Waals surface area contributed by atoms with Crippen molar-refractivity contribution in [1.29, 1.82) is 0 Å². The monoisotopic (exact) mass is 1190 g/mol. The number of unbranched alkanes of at least 4 members (excludes halogenated alkanes) is 30. The van der Waals surface area contributed by atoms with E-state index in [1.807, 2.05) is 0 Å². The van der Waals surface area contributed by atoms with Crippen LogP contribution in [0.1, 0.15) is 245 Å². The largest absolute Gasteiger partial charge is 0.394 e. The predicted molar refractivity (Wildman–Crippen MR) is 319 cm³/mol. The fourth-order valence-corrected chi connectivity index (χ4v) is 11.3. The molecule has 0 aromatic rings. The number of carbonyl (C=O) groups is 1. The molecule has 3 rings (SSSR count). The van der Waals surface area contributed by atoms with Crippen molar-refractivity contribution in [2.45, 2.75) is 349 Å². The van der Waals surface area contributed by atoms with E-state index in [1.54, 1.807) is 0 Å². The average molecular weight is 1190 g/mol. The molecule has 0 bridgehead atoms.